The number of nitrogens with zero attached hydrogens (tertiary/aromatic N) is 3. The van der Waals surface area contributed by atoms with Crippen molar-refractivity contribution in [1.82, 2.24) is 15.0 Å². The molecular weight excluding hydrogens is 374 g/mol. The maximum absolute atomic E-state index is 12.3. The van der Waals surface area contributed by atoms with E-state index in [0.29, 0.717) is 31.1 Å². The van der Waals surface area contributed by atoms with Crippen molar-refractivity contribution < 1.29 is 22.7 Å². The van der Waals surface area contributed by atoms with E-state index in [0.717, 1.165) is 6.26 Å². The Labute approximate surface area is 157 Å². The first-order chi connectivity index (χ1) is 12.8. The lowest BCUT2D eigenvalue weighted by atomic mass is 10.3. The zero-order chi connectivity index (χ0) is 19.9. The van der Waals surface area contributed by atoms with Crippen LogP contribution in [0.15, 0.2) is 30.5 Å². The summed E-state index contributed by atoms with van der Waals surface area (Å²) in [6.07, 6.45) is 2.10. The molecule has 10 nitrogen and oxygen atoms in total. The molecule has 1 heterocycles. The first-order valence-corrected chi connectivity index (χ1v) is 10.2. The highest BCUT2D eigenvalue weighted by molar-refractivity contribution is 7.92. The molecule has 148 valence electrons. The molecule has 0 fully saturated rings. The van der Waals surface area contributed by atoms with Crippen LogP contribution in [0.5, 0.6) is 0 Å². The van der Waals surface area contributed by atoms with E-state index >= 15 is 0 Å². The van der Waals surface area contributed by atoms with Crippen molar-refractivity contribution in [2.24, 2.45) is 0 Å². The Hall–Kier alpha value is -2.50. The van der Waals surface area contributed by atoms with Gasteiger partial charge in [-0.2, -0.15) is 0 Å². The standard InChI is InChI=1S/C16H23N5O5S/c1-4-25-15(26-5-2)11-21-10-14(18-20-21)16(22)17-12-6-8-13(9-7-12)19-27(3,23)24/h6-10,15,19H,4-5,11H2,1-3H3,(H,17,22). The Morgan fingerprint density at radius 3 is 2.30 bits per heavy atom. The van der Waals surface area contributed by atoms with Crippen LogP contribution in [0.2, 0.25) is 0 Å². The van der Waals surface area contributed by atoms with Crippen molar-refractivity contribution in [3.05, 3.63) is 36.2 Å². The summed E-state index contributed by atoms with van der Waals surface area (Å²) in [5.41, 5.74) is 1.04. The summed E-state index contributed by atoms with van der Waals surface area (Å²) in [4.78, 5) is 12.3. The highest BCUT2D eigenvalue weighted by atomic mass is 32.2. The fraction of sp³-hybridized carbons (Fsp3) is 0.438. The Kier molecular flexibility index (Phi) is 7.28. The number of nitrogens with one attached hydrogen (secondary N) is 2. The number of anilines is 2. The normalized spacial score (nSPS) is 11.6. The number of carbonyl (C=O) groups excluding carboxylic acids is 1. The van der Waals surface area contributed by atoms with Crippen molar-refractivity contribution in [1.29, 1.82) is 0 Å². The van der Waals surface area contributed by atoms with E-state index in [1.54, 1.807) is 24.3 Å². The summed E-state index contributed by atoms with van der Waals surface area (Å²) < 4.78 is 37.1. The van der Waals surface area contributed by atoms with E-state index in [2.05, 4.69) is 20.4 Å². The molecule has 2 rings (SSSR count). The third-order valence-electron chi connectivity index (χ3n) is 3.26. The number of amides is 1. The van der Waals surface area contributed by atoms with E-state index < -0.39 is 22.2 Å². The van der Waals surface area contributed by atoms with E-state index in [4.69, 9.17) is 9.47 Å². The molecule has 0 unspecified atom stereocenters. The largest absolute Gasteiger partial charge is 0.351 e. The minimum Gasteiger partial charge on any atom is -0.351 e. The van der Waals surface area contributed by atoms with Gasteiger partial charge in [0.15, 0.2) is 12.0 Å². The fourth-order valence-corrected chi connectivity index (χ4v) is 2.76. The molecule has 27 heavy (non-hydrogen) atoms. The molecule has 1 aromatic carbocycles. The molecule has 2 N–H and O–H groups in total. The molecule has 0 aliphatic rings. The fourth-order valence-electron chi connectivity index (χ4n) is 2.20. The minimum atomic E-state index is -3.35. The Balaban J connectivity index is 1.97. The van der Waals surface area contributed by atoms with Crippen LogP contribution in [-0.4, -0.2) is 55.1 Å². The second kappa shape index (κ2) is 9.44. The number of benzene rings is 1. The monoisotopic (exact) mass is 397 g/mol. The van der Waals surface area contributed by atoms with Gasteiger partial charge in [0, 0.05) is 24.6 Å². The van der Waals surface area contributed by atoms with Crippen molar-refractivity contribution in [2.45, 2.75) is 26.7 Å². The third kappa shape index (κ3) is 6.96. The first-order valence-electron chi connectivity index (χ1n) is 8.33. The van der Waals surface area contributed by atoms with Gasteiger partial charge >= 0.3 is 0 Å². The van der Waals surface area contributed by atoms with Crippen LogP contribution < -0.4 is 10.0 Å². The second-order valence-corrected chi connectivity index (χ2v) is 7.32. The number of ether oxygens (including phenoxy) is 2. The highest BCUT2D eigenvalue weighted by Crippen LogP contribution is 2.15. The van der Waals surface area contributed by atoms with Gasteiger partial charge in [-0.05, 0) is 38.1 Å². The van der Waals surface area contributed by atoms with Crippen LogP contribution in [0.3, 0.4) is 0 Å². The average molecular weight is 397 g/mol. The highest BCUT2D eigenvalue weighted by Gasteiger charge is 2.15. The topological polar surface area (TPSA) is 124 Å². The lowest BCUT2D eigenvalue weighted by Gasteiger charge is -2.16. The van der Waals surface area contributed by atoms with Gasteiger partial charge in [0.05, 0.1) is 19.0 Å². The van der Waals surface area contributed by atoms with E-state index in [1.165, 1.54) is 10.9 Å². The van der Waals surface area contributed by atoms with Crippen LogP contribution in [0.4, 0.5) is 11.4 Å². The van der Waals surface area contributed by atoms with Gasteiger partial charge in [0.25, 0.3) is 5.91 Å². The number of hydrogen-bond acceptors (Lipinski definition) is 7. The number of carbonyl (C=O) groups is 1. The Morgan fingerprint density at radius 1 is 1.15 bits per heavy atom. The Morgan fingerprint density at radius 2 is 1.74 bits per heavy atom. The molecule has 0 radical (unpaired) electrons. The predicted molar refractivity (Wildman–Crippen MR) is 99.9 cm³/mol. The molecule has 0 aliphatic carbocycles. The van der Waals surface area contributed by atoms with Crippen LogP contribution >= 0.6 is 0 Å². The van der Waals surface area contributed by atoms with Gasteiger partial charge < -0.3 is 14.8 Å². The molecular formula is C16H23N5O5S. The minimum absolute atomic E-state index is 0.139. The first kappa shape index (κ1) is 20.8. The molecule has 11 heteroatoms. The zero-order valence-corrected chi connectivity index (χ0v) is 16.2. The maximum atomic E-state index is 12.3. The molecule has 2 aromatic rings. The molecule has 0 aliphatic heterocycles. The summed E-state index contributed by atoms with van der Waals surface area (Å²) in [6.45, 7) is 5.04. The van der Waals surface area contributed by atoms with Gasteiger partial charge in [-0.3, -0.25) is 9.52 Å². The van der Waals surface area contributed by atoms with Gasteiger partial charge in [0.1, 0.15) is 0 Å². The smallest absolute Gasteiger partial charge is 0.277 e. The van der Waals surface area contributed by atoms with Crippen molar-refractivity contribution in [3.63, 3.8) is 0 Å². The zero-order valence-electron chi connectivity index (χ0n) is 15.4. The average Bonchev–Trinajstić information content (AvgIpc) is 3.04. The summed E-state index contributed by atoms with van der Waals surface area (Å²) in [5, 5.41) is 10.4. The Bertz CT molecular complexity index is 844. The van der Waals surface area contributed by atoms with Crippen LogP contribution in [0.1, 0.15) is 24.3 Å². The maximum Gasteiger partial charge on any atom is 0.277 e. The number of hydrogen-bond donors (Lipinski definition) is 2. The summed E-state index contributed by atoms with van der Waals surface area (Å²) in [5.74, 6) is -0.436. The lowest BCUT2D eigenvalue weighted by molar-refractivity contribution is -0.145. The molecule has 0 atom stereocenters. The molecule has 0 saturated carbocycles. The third-order valence-corrected chi connectivity index (χ3v) is 3.87. The lowest BCUT2D eigenvalue weighted by Crippen LogP contribution is -2.24. The predicted octanol–water partition coefficient (Wildman–Crippen LogP) is 1.30. The van der Waals surface area contributed by atoms with Gasteiger partial charge in [-0.25, -0.2) is 13.1 Å². The van der Waals surface area contributed by atoms with Crippen molar-refractivity contribution >= 4 is 27.3 Å². The number of sulfonamides is 1. The van der Waals surface area contributed by atoms with E-state index in [1.807, 2.05) is 13.8 Å². The van der Waals surface area contributed by atoms with E-state index in [-0.39, 0.29) is 5.69 Å². The van der Waals surface area contributed by atoms with Crippen LogP contribution in [0, 0.1) is 0 Å². The molecule has 0 spiro atoms. The van der Waals surface area contributed by atoms with Gasteiger partial charge in [-0.1, -0.05) is 5.21 Å². The second-order valence-electron chi connectivity index (χ2n) is 5.57. The molecule has 0 bridgehead atoms. The number of aromatic nitrogens is 3. The van der Waals surface area contributed by atoms with Crippen LogP contribution in [-0.2, 0) is 26.0 Å². The molecule has 1 amide bonds. The SMILES string of the molecule is CCOC(Cn1cc(C(=O)Nc2ccc(NS(C)(=O)=O)cc2)nn1)OCC. The van der Waals surface area contributed by atoms with Crippen molar-refractivity contribution in [2.75, 3.05) is 29.5 Å². The van der Waals surface area contributed by atoms with E-state index in [9.17, 15) is 13.2 Å². The quantitative estimate of drug-likeness (QED) is 0.579. The summed E-state index contributed by atoms with van der Waals surface area (Å²) in [6, 6.07) is 6.25. The summed E-state index contributed by atoms with van der Waals surface area (Å²) >= 11 is 0. The van der Waals surface area contributed by atoms with Crippen LogP contribution in [0.25, 0.3) is 0 Å². The van der Waals surface area contributed by atoms with Crippen molar-refractivity contribution in [3.8, 4) is 0 Å². The van der Waals surface area contributed by atoms with Gasteiger partial charge in [-0.15, -0.1) is 5.10 Å². The summed E-state index contributed by atoms with van der Waals surface area (Å²) in [7, 11) is -3.35. The molecule has 0 saturated heterocycles. The van der Waals surface area contributed by atoms with Gasteiger partial charge in [0.2, 0.25) is 10.0 Å². The molecule has 1 aromatic heterocycles. The number of rotatable bonds is 10.